The normalized spacial score (nSPS) is 15.3. The van der Waals surface area contributed by atoms with Crippen LogP contribution in [-0.4, -0.2) is 57.0 Å². The summed E-state index contributed by atoms with van der Waals surface area (Å²) in [6, 6.07) is 7.16. The molecule has 1 aromatic carbocycles. The number of ether oxygens (including phenoxy) is 1. The Labute approximate surface area is 139 Å². The number of carbonyl (C=O) groups excluding carboxylic acids is 2. The van der Waals surface area contributed by atoms with Gasteiger partial charge in [0.25, 0.3) is 0 Å². The Morgan fingerprint density at radius 1 is 1.21 bits per heavy atom. The third-order valence-electron chi connectivity index (χ3n) is 4.28. The molecule has 1 saturated heterocycles. The number of ketones is 1. The molecule has 0 unspecified atom stereocenters. The summed E-state index contributed by atoms with van der Waals surface area (Å²) < 4.78 is 6.51. The number of rotatable bonds is 5. The van der Waals surface area contributed by atoms with Gasteiger partial charge >= 0.3 is 0 Å². The Balaban J connectivity index is 1.54. The van der Waals surface area contributed by atoms with Gasteiger partial charge in [-0.3, -0.25) is 9.59 Å². The molecule has 0 saturated carbocycles. The zero-order valence-electron chi connectivity index (χ0n) is 13.5. The molecule has 0 bridgehead atoms. The van der Waals surface area contributed by atoms with Gasteiger partial charge < -0.3 is 9.64 Å². The van der Waals surface area contributed by atoms with Crippen molar-refractivity contribution in [1.82, 2.24) is 25.1 Å². The van der Waals surface area contributed by atoms with Gasteiger partial charge in [-0.15, -0.1) is 5.10 Å². The predicted molar refractivity (Wildman–Crippen MR) is 84.4 cm³/mol. The van der Waals surface area contributed by atoms with Crippen LogP contribution < -0.4 is 4.74 Å². The van der Waals surface area contributed by atoms with E-state index in [0.29, 0.717) is 31.5 Å². The van der Waals surface area contributed by atoms with E-state index >= 15 is 0 Å². The van der Waals surface area contributed by atoms with Gasteiger partial charge in [0.15, 0.2) is 5.78 Å². The molecule has 0 radical (unpaired) electrons. The van der Waals surface area contributed by atoms with Crippen LogP contribution in [0.25, 0.3) is 0 Å². The van der Waals surface area contributed by atoms with E-state index < -0.39 is 0 Å². The molecule has 8 nitrogen and oxygen atoms in total. The third-order valence-corrected chi connectivity index (χ3v) is 4.28. The Morgan fingerprint density at radius 2 is 1.92 bits per heavy atom. The van der Waals surface area contributed by atoms with Crippen LogP contribution in [0.4, 0.5) is 0 Å². The van der Waals surface area contributed by atoms with Gasteiger partial charge in [-0.25, -0.2) is 4.68 Å². The van der Waals surface area contributed by atoms with E-state index in [1.807, 2.05) is 0 Å². The highest BCUT2D eigenvalue weighted by molar-refractivity contribution is 5.98. The van der Waals surface area contributed by atoms with Crippen molar-refractivity contribution >= 4 is 11.7 Å². The summed E-state index contributed by atoms with van der Waals surface area (Å²) in [6.07, 6.45) is 2.76. The molecule has 0 spiro atoms. The number of hydrogen-bond acceptors (Lipinski definition) is 6. The first kappa shape index (κ1) is 16.1. The molecular weight excluding hydrogens is 310 g/mol. The number of amides is 1. The minimum atomic E-state index is -0.0459. The molecule has 1 aromatic heterocycles. The van der Waals surface area contributed by atoms with E-state index in [1.54, 1.807) is 36.3 Å². The smallest absolute Gasteiger partial charge is 0.244 e. The first-order valence-electron chi connectivity index (χ1n) is 7.84. The summed E-state index contributed by atoms with van der Waals surface area (Å²) in [5.74, 6) is 0.785. The lowest BCUT2D eigenvalue weighted by Gasteiger charge is -2.31. The Morgan fingerprint density at radius 3 is 2.50 bits per heavy atom. The molecule has 0 aliphatic carbocycles. The molecule has 1 aliphatic rings. The summed E-state index contributed by atoms with van der Waals surface area (Å²) in [5.41, 5.74) is 0.689. The number of tetrazole rings is 1. The van der Waals surface area contributed by atoms with Crippen LogP contribution in [0, 0.1) is 5.92 Å². The van der Waals surface area contributed by atoms with Crippen molar-refractivity contribution < 1.29 is 14.3 Å². The van der Waals surface area contributed by atoms with E-state index in [-0.39, 0.29) is 24.2 Å². The lowest BCUT2D eigenvalue weighted by molar-refractivity contribution is -0.133. The Bertz CT molecular complexity index is 691. The van der Waals surface area contributed by atoms with Crippen molar-refractivity contribution in [2.24, 2.45) is 5.92 Å². The summed E-state index contributed by atoms with van der Waals surface area (Å²) >= 11 is 0. The van der Waals surface area contributed by atoms with Crippen molar-refractivity contribution in [3.63, 3.8) is 0 Å². The minimum absolute atomic E-state index is 0.0300. The van der Waals surface area contributed by atoms with Crippen molar-refractivity contribution in [1.29, 1.82) is 0 Å². The number of hydrogen-bond donors (Lipinski definition) is 0. The standard InChI is InChI=1S/C16H19N5O3/c1-24-14-4-2-12(3-5-14)16(23)13-6-8-20(9-7-13)15(22)10-21-11-17-18-19-21/h2-5,11,13H,6-10H2,1H3. The van der Waals surface area contributed by atoms with E-state index in [0.717, 1.165) is 5.75 Å². The van der Waals surface area contributed by atoms with Crippen molar-refractivity contribution in [2.45, 2.75) is 19.4 Å². The van der Waals surface area contributed by atoms with Crippen LogP contribution in [0.1, 0.15) is 23.2 Å². The van der Waals surface area contributed by atoms with E-state index in [9.17, 15) is 9.59 Å². The number of benzene rings is 1. The van der Waals surface area contributed by atoms with Crippen molar-refractivity contribution in [3.8, 4) is 5.75 Å². The summed E-state index contributed by atoms with van der Waals surface area (Å²) in [4.78, 5) is 26.5. The second kappa shape index (κ2) is 7.20. The first-order valence-corrected chi connectivity index (χ1v) is 7.84. The van der Waals surface area contributed by atoms with Gasteiger partial charge in [0, 0.05) is 24.6 Å². The summed E-state index contributed by atoms with van der Waals surface area (Å²) in [5, 5.41) is 10.7. The molecule has 2 aromatic rings. The first-order chi connectivity index (χ1) is 11.7. The van der Waals surface area contributed by atoms with Gasteiger partial charge in [-0.05, 0) is 47.5 Å². The number of Topliss-reactive ketones (excluding diaryl/α,β-unsaturated/α-hetero) is 1. The Kier molecular flexibility index (Phi) is 4.83. The van der Waals surface area contributed by atoms with Crippen molar-refractivity contribution in [3.05, 3.63) is 36.2 Å². The zero-order valence-corrected chi connectivity index (χ0v) is 13.5. The second-order valence-electron chi connectivity index (χ2n) is 5.76. The third kappa shape index (κ3) is 3.58. The minimum Gasteiger partial charge on any atom is -0.497 e. The average Bonchev–Trinajstić information content (AvgIpc) is 3.14. The molecule has 24 heavy (non-hydrogen) atoms. The number of aromatic nitrogens is 4. The number of likely N-dealkylation sites (tertiary alicyclic amines) is 1. The largest absolute Gasteiger partial charge is 0.497 e. The molecular formula is C16H19N5O3. The summed E-state index contributed by atoms with van der Waals surface area (Å²) in [6.45, 7) is 1.28. The number of methoxy groups -OCH3 is 1. The Hall–Kier alpha value is -2.77. The van der Waals surface area contributed by atoms with Crippen molar-refractivity contribution in [2.75, 3.05) is 20.2 Å². The van der Waals surface area contributed by atoms with Crippen LogP contribution in [0.3, 0.4) is 0 Å². The van der Waals surface area contributed by atoms with Gasteiger partial charge in [-0.2, -0.15) is 0 Å². The maximum Gasteiger partial charge on any atom is 0.244 e. The summed E-state index contributed by atoms with van der Waals surface area (Å²) in [7, 11) is 1.60. The highest BCUT2D eigenvalue weighted by Gasteiger charge is 2.28. The van der Waals surface area contributed by atoms with Crippen LogP contribution in [-0.2, 0) is 11.3 Å². The monoisotopic (exact) mass is 329 g/mol. The highest BCUT2D eigenvalue weighted by Crippen LogP contribution is 2.23. The maximum atomic E-state index is 12.6. The molecule has 0 atom stereocenters. The molecule has 2 heterocycles. The molecule has 1 fully saturated rings. The molecule has 1 aliphatic heterocycles. The molecule has 3 rings (SSSR count). The predicted octanol–water partition coefficient (Wildman–Crippen LogP) is 0.803. The number of carbonyl (C=O) groups is 2. The lowest BCUT2D eigenvalue weighted by atomic mass is 9.89. The van der Waals surface area contributed by atoms with E-state index in [4.69, 9.17) is 4.74 Å². The maximum absolute atomic E-state index is 12.6. The lowest BCUT2D eigenvalue weighted by Crippen LogP contribution is -2.41. The number of piperidine rings is 1. The van der Waals surface area contributed by atoms with Gasteiger partial charge in [-0.1, -0.05) is 0 Å². The van der Waals surface area contributed by atoms with Crippen LogP contribution in [0.2, 0.25) is 0 Å². The van der Waals surface area contributed by atoms with Gasteiger partial charge in [0.2, 0.25) is 5.91 Å². The molecule has 1 amide bonds. The van der Waals surface area contributed by atoms with Crippen LogP contribution in [0.5, 0.6) is 5.75 Å². The fourth-order valence-electron chi connectivity index (χ4n) is 2.87. The SMILES string of the molecule is COc1ccc(C(=O)C2CCN(C(=O)Cn3cnnn3)CC2)cc1. The highest BCUT2D eigenvalue weighted by atomic mass is 16.5. The quantitative estimate of drug-likeness (QED) is 0.754. The molecule has 8 heteroatoms. The fourth-order valence-corrected chi connectivity index (χ4v) is 2.87. The van der Waals surface area contributed by atoms with E-state index in [1.165, 1.54) is 11.0 Å². The van der Waals surface area contributed by atoms with Gasteiger partial charge in [0.1, 0.15) is 18.6 Å². The molecule has 0 N–H and O–H groups in total. The van der Waals surface area contributed by atoms with Crippen LogP contribution in [0.15, 0.2) is 30.6 Å². The topological polar surface area (TPSA) is 90.2 Å². The molecule has 126 valence electrons. The fraction of sp³-hybridized carbons (Fsp3) is 0.438. The second-order valence-corrected chi connectivity index (χ2v) is 5.76. The van der Waals surface area contributed by atoms with E-state index in [2.05, 4.69) is 15.5 Å². The number of nitrogens with zero attached hydrogens (tertiary/aromatic N) is 5. The van der Waals surface area contributed by atoms with Gasteiger partial charge in [0.05, 0.1) is 7.11 Å². The average molecular weight is 329 g/mol. The van der Waals surface area contributed by atoms with Crippen LogP contribution >= 0.6 is 0 Å². The zero-order chi connectivity index (χ0) is 16.9.